The van der Waals surface area contributed by atoms with E-state index in [2.05, 4.69) is 5.32 Å². The maximum Gasteiger partial charge on any atom is 0.418 e. The molecule has 0 bridgehead atoms. The lowest BCUT2D eigenvalue weighted by molar-refractivity contribution is -0.137. The summed E-state index contributed by atoms with van der Waals surface area (Å²) < 4.78 is 41.3. The number of carboxylic acid groups (broad SMARTS) is 1. The number of halogens is 3. The van der Waals surface area contributed by atoms with E-state index >= 15 is 0 Å². The standard InChI is InChI=1S/C23H21F3N2O3/c1-15-6-8-16(9-7-15)20-12-10-17(11-13-22(30)31)28(20)14-21(29)27-19-5-3-2-4-18(19)23(24,25)26/h2-10,12H,11,13-14H2,1H3,(H,27,29)(H,30,31). The summed E-state index contributed by atoms with van der Waals surface area (Å²) >= 11 is 0. The molecule has 8 heteroatoms. The van der Waals surface area contributed by atoms with Crippen molar-refractivity contribution >= 4 is 17.6 Å². The number of hydrogen-bond donors (Lipinski definition) is 2. The zero-order valence-corrected chi connectivity index (χ0v) is 16.7. The van der Waals surface area contributed by atoms with E-state index in [4.69, 9.17) is 5.11 Å². The smallest absolute Gasteiger partial charge is 0.418 e. The predicted molar refractivity (Wildman–Crippen MR) is 111 cm³/mol. The number of rotatable bonds is 7. The molecule has 0 fully saturated rings. The van der Waals surface area contributed by atoms with Crippen LogP contribution in [0.2, 0.25) is 0 Å². The van der Waals surface area contributed by atoms with Gasteiger partial charge in [-0.3, -0.25) is 9.59 Å². The minimum atomic E-state index is -4.60. The van der Waals surface area contributed by atoms with Gasteiger partial charge in [0.25, 0.3) is 0 Å². The number of hydrogen-bond acceptors (Lipinski definition) is 2. The molecular weight excluding hydrogens is 409 g/mol. The Hall–Kier alpha value is -3.55. The van der Waals surface area contributed by atoms with E-state index in [-0.39, 0.29) is 25.1 Å². The molecule has 0 atom stereocenters. The van der Waals surface area contributed by atoms with Gasteiger partial charge in [0.2, 0.25) is 5.91 Å². The Bertz CT molecular complexity index is 1090. The van der Waals surface area contributed by atoms with Crippen molar-refractivity contribution in [3.05, 3.63) is 77.5 Å². The van der Waals surface area contributed by atoms with Crippen molar-refractivity contribution in [3.63, 3.8) is 0 Å². The second kappa shape index (κ2) is 9.07. The number of carbonyl (C=O) groups is 2. The average Bonchev–Trinajstić information content (AvgIpc) is 3.09. The molecular formula is C23H21F3N2O3. The highest BCUT2D eigenvalue weighted by molar-refractivity contribution is 5.92. The predicted octanol–water partition coefficient (Wildman–Crippen LogP) is 5.14. The molecule has 2 N–H and O–H groups in total. The van der Waals surface area contributed by atoms with Gasteiger partial charge >= 0.3 is 12.1 Å². The Balaban J connectivity index is 1.90. The molecule has 0 saturated carbocycles. The summed E-state index contributed by atoms with van der Waals surface area (Å²) in [6, 6.07) is 15.8. The van der Waals surface area contributed by atoms with Crippen LogP contribution in [0.5, 0.6) is 0 Å². The minimum absolute atomic E-state index is 0.129. The largest absolute Gasteiger partial charge is 0.481 e. The second-order valence-corrected chi connectivity index (χ2v) is 7.15. The third-order valence-corrected chi connectivity index (χ3v) is 4.82. The number of anilines is 1. The Morgan fingerprint density at radius 3 is 2.32 bits per heavy atom. The van der Waals surface area contributed by atoms with E-state index < -0.39 is 23.6 Å². The molecule has 2 aromatic carbocycles. The number of para-hydroxylation sites is 1. The van der Waals surface area contributed by atoms with E-state index in [9.17, 15) is 22.8 Å². The van der Waals surface area contributed by atoms with Crippen molar-refractivity contribution in [1.29, 1.82) is 0 Å². The molecule has 162 valence electrons. The Kier molecular flexibility index (Phi) is 6.48. The lowest BCUT2D eigenvalue weighted by atomic mass is 10.1. The normalized spacial score (nSPS) is 11.4. The van der Waals surface area contributed by atoms with Crippen LogP contribution in [0.15, 0.2) is 60.7 Å². The van der Waals surface area contributed by atoms with Gasteiger partial charge in [-0.05, 0) is 43.2 Å². The van der Waals surface area contributed by atoms with E-state index in [1.807, 2.05) is 31.2 Å². The summed E-state index contributed by atoms with van der Waals surface area (Å²) in [5, 5.41) is 11.3. The van der Waals surface area contributed by atoms with E-state index in [0.717, 1.165) is 17.2 Å². The van der Waals surface area contributed by atoms with Crippen LogP contribution < -0.4 is 5.32 Å². The Morgan fingerprint density at radius 2 is 1.68 bits per heavy atom. The van der Waals surface area contributed by atoms with E-state index in [1.54, 1.807) is 16.7 Å². The summed E-state index contributed by atoms with van der Waals surface area (Å²) in [4.78, 5) is 23.7. The number of carbonyl (C=O) groups excluding carboxylic acids is 1. The van der Waals surface area contributed by atoms with Gasteiger partial charge in [0, 0.05) is 11.4 Å². The first kappa shape index (κ1) is 22.1. The lowest BCUT2D eigenvalue weighted by Crippen LogP contribution is -2.22. The van der Waals surface area contributed by atoms with Crippen molar-refractivity contribution in [2.24, 2.45) is 0 Å². The molecule has 0 saturated heterocycles. The molecule has 0 unspecified atom stereocenters. The summed E-state index contributed by atoms with van der Waals surface area (Å²) in [6.45, 7) is 1.68. The zero-order valence-electron chi connectivity index (χ0n) is 16.7. The first-order valence-corrected chi connectivity index (χ1v) is 9.58. The van der Waals surface area contributed by atoms with Gasteiger partial charge in [0.1, 0.15) is 6.54 Å². The number of aliphatic carboxylic acids is 1. The van der Waals surface area contributed by atoms with Crippen molar-refractivity contribution in [1.82, 2.24) is 4.57 Å². The Labute approximate surface area is 177 Å². The van der Waals surface area contributed by atoms with Crippen LogP contribution in [0.25, 0.3) is 11.3 Å². The SMILES string of the molecule is Cc1ccc(-c2ccc(CCC(=O)O)n2CC(=O)Nc2ccccc2C(F)(F)F)cc1. The number of alkyl halides is 3. The first-order valence-electron chi connectivity index (χ1n) is 9.58. The highest BCUT2D eigenvalue weighted by Gasteiger charge is 2.33. The van der Waals surface area contributed by atoms with Crippen LogP contribution in [0.4, 0.5) is 18.9 Å². The number of aromatic nitrogens is 1. The van der Waals surface area contributed by atoms with Crippen molar-refractivity contribution in [2.75, 3.05) is 5.32 Å². The fourth-order valence-electron chi connectivity index (χ4n) is 3.30. The van der Waals surface area contributed by atoms with E-state index in [0.29, 0.717) is 11.4 Å². The fourth-order valence-corrected chi connectivity index (χ4v) is 3.30. The van der Waals surface area contributed by atoms with Crippen molar-refractivity contribution in [2.45, 2.75) is 32.5 Å². The molecule has 31 heavy (non-hydrogen) atoms. The summed E-state index contributed by atoms with van der Waals surface area (Å²) in [5.74, 6) is -1.62. The third kappa shape index (κ3) is 5.53. The monoisotopic (exact) mass is 430 g/mol. The number of nitrogens with one attached hydrogen (secondary N) is 1. The number of amides is 1. The van der Waals surface area contributed by atoms with Crippen molar-refractivity contribution in [3.8, 4) is 11.3 Å². The quantitative estimate of drug-likeness (QED) is 0.545. The second-order valence-electron chi connectivity index (χ2n) is 7.15. The summed E-state index contributed by atoms with van der Waals surface area (Å²) in [7, 11) is 0. The molecule has 1 heterocycles. The van der Waals surface area contributed by atoms with Crippen LogP contribution in [0.3, 0.4) is 0 Å². The lowest BCUT2D eigenvalue weighted by Gasteiger charge is -2.16. The highest BCUT2D eigenvalue weighted by atomic mass is 19.4. The number of nitrogens with zero attached hydrogens (tertiary/aromatic N) is 1. The van der Waals surface area contributed by atoms with Gasteiger partial charge in [-0.15, -0.1) is 0 Å². The molecule has 1 amide bonds. The van der Waals surface area contributed by atoms with Gasteiger partial charge < -0.3 is 15.0 Å². The average molecular weight is 430 g/mol. The number of benzene rings is 2. The highest BCUT2D eigenvalue weighted by Crippen LogP contribution is 2.34. The van der Waals surface area contributed by atoms with Gasteiger partial charge in [-0.25, -0.2) is 0 Å². The molecule has 0 aliphatic rings. The molecule has 0 aliphatic heterocycles. The molecule has 0 aliphatic carbocycles. The van der Waals surface area contributed by atoms with Crippen LogP contribution in [0.1, 0.15) is 23.2 Å². The third-order valence-electron chi connectivity index (χ3n) is 4.82. The summed E-state index contributed by atoms with van der Waals surface area (Å²) in [6.07, 6.45) is -4.54. The van der Waals surface area contributed by atoms with Crippen LogP contribution >= 0.6 is 0 Å². The minimum Gasteiger partial charge on any atom is -0.481 e. The number of carboxylic acids is 1. The molecule has 5 nitrogen and oxygen atoms in total. The maximum absolute atomic E-state index is 13.2. The van der Waals surface area contributed by atoms with Gasteiger partial charge in [-0.2, -0.15) is 13.2 Å². The van der Waals surface area contributed by atoms with Gasteiger partial charge in [-0.1, -0.05) is 42.0 Å². The summed E-state index contributed by atoms with van der Waals surface area (Å²) in [5.41, 5.74) is 1.90. The first-order chi connectivity index (χ1) is 14.6. The van der Waals surface area contributed by atoms with Crippen molar-refractivity contribution < 1.29 is 27.9 Å². The van der Waals surface area contributed by atoms with Gasteiger partial charge in [0.05, 0.1) is 17.7 Å². The molecule has 3 rings (SSSR count). The van der Waals surface area contributed by atoms with E-state index in [1.165, 1.54) is 18.2 Å². The molecule has 0 spiro atoms. The van der Waals surface area contributed by atoms with Crippen LogP contribution in [0, 0.1) is 6.92 Å². The molecule has 3 aromatic rings. The van der Waals surface area contributed by atoms with Gasteiger partial charge in [0.15, 0.2) is 0 Å². The fraction of sp³-hybridized carbons (Fsp3) is 0.217. The van der Waals surface area contributed by atoms with Crippen LogP contribution in [-0.2, 0) is 28.7 Å². The Morgan fingerprint density at radius 1 is 1.00 bits per heavy atom. The maximum atomic E-state index is 13.2. The molecule has 1 aromatic heterocycles. The van der Waals surface area contributed by atoms with Crippen LogP contribution in [-0.4, -0.2) is 21.6 Å². The zero-order chi connectivity index (χ0) is 22.6. The molecule has 0 radical (unpaired) electrons. The topological polar surface area (TPSA) is 71.3 Å². The number of aryl methyl sites for hydroxylation is 2.